The molecule has 3 rings (SSSR count). The average Bonchev–Trinajstić information content (AvgIpc) is 2.95. The highest BCUT2D eigenvalue weighted by Crippen LogP contribution is 2.37. The van der Waals surface area contributed by atoms with Crippen LogP contribution in [0, 0.1) is 10.1 Å². The number of benzene rings is 2. The Labute approximate surface area is 153 Å². The molecule has 0 radical (unpaired) electrons. The normalized spacial score (nSPS) is 11.6. The standard InChI is InChI=1S/C15H7Cl2F3N4O2/c16-11-4-2-1-3-9(11)13-21-14(17)23(22-13)12-6-5-8(24(25)26)7-10(12)15(18,19)20/h1-7H. The minimum absolute atomic E-state index is 0.0204. The van der Waals surface area contributed by atoms with E-state index < -0.39 is 28.0 Å². The molecule has 0 atom stereocenters. The molecule has 0 aliphatic carbocycles. The Kier molecular flexibility index (Phi) is 4.59. The molecule has 1 heterocycles. The number of halogens is 5. The van der Waals surface area contributed by atoms with Crippen molar-refractivity contribution in [1.82, 2.24) is 14.8 Å². The topological polar surface area (TPSA) is 73.8 Å². The molecule has 0 saturated carbocycles. The molecule has 11 heteroatoms. The number of hydrogen-bond acceptors (Lipinski definition) is 4. The van der Waals surface area contributed by atoms with Gasteiger partial charge in [0.25, 0.3) is 5.69 Å². The van der Waals surface area contributed by atoms with Crippen molar-refractivity contribution in [1.29, 1.82) is 0 Å². The molecule has 0 aliphatic heterocycles. The second-order valence-corrected chi connectivity index (χ2v) is 5.80. The number of rotatable bonds is 3. The summed E-state index contributed by atoms with van der Waals surface area (Å²) in [5.74, 6) is 0.0204. The number of nitrogens with zero attached hydrogens (tertiary/aromatic N) is 4. The molecule has 0 unspecified atom stereocenters. The van der Waals surface area contributed by atoms with E-state index >= 15 is 0 Å². The van der Waals surface area contributed by atoms with E-state index in [-0.39, 0.29) is 11.1 Å². The van der Waals surface area contributed by atoms with Crippen molar-refractivity contribution < 1.29 is 18.1 Å². The van der Waals surface area contributed by atoms with Crippen LogP contribution in [0.15, 0.2) is 42.5 Å². The van der Waals surface area contributed by atoms with E-state index in [1.165, 1.54) is 0 Å². The van der Waals surface area contributed by atoms with Gasteiger partial charge < -0.3 is 0 Å². The van der Waals surface area contributed by atoms with Gasteiger partial charge in [-0.05, 0) is 29.8 Å². The van der Waals surface area contributed by atoms with E-state index in [0.717, 1.165) is 16.8 Å². The number of non-ortho nitro benzene ring substituents is 1. The fourth-order valence-electron chi connectivity index (χ4n) is 2.25. The van der Waals surface area contributed by atoms with Gasteiger partial charge in [-0.2, -0.15) is 18.2 Å². The fourth-order valence-corrected chi connectivity index (χ4v) is 2.68. The van der Waals surface area contributed by atoms with Gasteiger partial charge in [-0.3, -0.25) is 10.1 Å². The zero-order valence-electron chi connectivity index (χ0n) is 12.5. The monoisotopic (exact) mass is 402 g/mol. The quantitative estimate of drug-likeness (QED) is 0.447. The summed E-state index contributed by atoms with van der Waals surface area (Å²) in [6, 6.07) is 8.74. The van der Waals surface area contributed by atoms with Crippen LogP contribution < -0.4 is 0 Å². The van der Waals surface area contributed by atoms with Gasteiger partial charge in [-0.25, -0.2) is 4.68 Å². The maximum atomic E-state index is 13.4. The van der Waals surface area contributed by atoms with Gasteiger partial charge in [0.05, 0.1) is 21.2 Å². The minimum Gasteiger partial charge on any atom is -0.258 e. The number of nitro benzene ring substituents is 1. The second-order valence-electron chi connectivity index (χ2n) is 5.05. The van der Waals surface area contributed by atoms with E-state index in [4.69, 9.17) is 23.2 Å². The van der Waals surface area contributed by atoms with Crippen molar-refractivity contribution >= 4 is 28.9 Å². The summed E-state index contributed by atoms with van der Waals surface area (Å²) >= 11 is 12.0. The molecule has 0 saturated heterocycles. The van der Waals surface area contributed by atoms with E-state index in [1.807, 2.05) is 0 Å². The predicted octanol–water partition coefficient (Wildman–Crippen LogP) is 5.17. The summed E-state index contributed by atoms with van der Waals surface area (Å²) < 4.78 is 40.8. The lowest BCUT2D eigenvalue weighted by Gasteiger charge is -2.12. The van der Waals surface area contributed by atoms with Gasteiger partial charge in [0.1, 0.15) is 0 Å². The number of nitro groups is 1. The molecule has 0 fully saturated rings. The van der Waals surface area contributed by atoms with E-state index in [9.17, 15) is 23.3 Å². The first-order chi connectivity index (χ1) is 12.2. The largest absolute Gasteiger partial charge is 0.418 e. The van der Waals surface area contributed by atoms with Crippen molar-refractivity contribution in [2.75, 3.05) is 0 Å². The van der Waals surface area contributed by atoms with Crippen molar-refractivity contribution in [3.8, 4) is 17.1 Å². The highest BCUT2D eigenvalue weighted by Gasteiger charge is 2.36. The van der Waals surface area contributed by atoms with Gasteiger partial charge in [-0.1, -0.05) is 23.7 Å². The number of hydrogen-bond donors (Lipinski definition) is 0. The van der Waals surface area contributed by atoms with Crippen LogP contribution in [0.2, 0.25) is 10.3 Å². The highest BCUT2D eigenvalue weighted by molar-refractivity contribution is 6.33. The zero-order valence-corrected chi connectivity index (χ0v) is 14.0. The molecule has 0 aliphatic rings. The van der Waals surface area contributed by atoms with Crippen molar-refractivity contribution in [2.24, 2.45) is 0 Å². The van der Waals surface area contributed by atoms with Gasteiger partial charge in [0.15, 0.2) is 5.82 Å². The summed E-state index contributed by atoms with van der Waals surface area (Å²) in [5, 5.41) is 14.7. The van der Waals surface area contributed by atoms with Gasteiger partial charge in [-0.15, -0.1) is 5.10 Å². The highest BCUT2D eigenvalue weighted by atomic mass is 35.5. The predicted molar refractivity (Wildman–Crippen MR) is 88.5 cm³/mol. The summed E-state index contributed by atoms with van der Waals surface area (Å²) in [6.45, 7) is 0. The summed E-state index contributed by atoms with van der Waals surface area (Å²) in [5.41, 5.74) is -2.07. The van der Waals surface area contributed by atoms with Crippen LogP contribution in [-0.2, 0) is 6.18 Å². The molecular weight excluding hydrogens is 396 g/mol. The first-order valence-electron chi connectivity index (χ1n) is 6.92. The Hall–Kier alpha value is -2.65. The molecule has 134 valence electrons. The SMILES string of the molecule is O=[N+]([O-])c1ccc(-n2nc(-c3ccccc3Cl)nc2Cl)c(C(F)(F)F)c1. The molecule has 6 nitrogen and oxygen atoms in total. The van der Waals surface area contributed by atoms with Crippen molar-refractivity contribution in [3.63, 3.8) is 0 Å². The van der Waals surface area contributed by atoms with Crippen LogP contribution in [0.3, 0.4) is 0 Å². The first-order valence-corrected chi connectivity index (χ1v) is 7.67. The maximum Gasteiger partial charge on any atom is 0.418 e. The van der Waals surface area contributed by atoms with Crippen molar-refractivity contribution in [3.05, 3.63) is 68.4 Å². The van der Waals surface area contributed by atoms with Crippen LogP contribution in [-0.4, -0.2) is 19.7 Å². The average molecular weight is 403 g/mol. The lowest BCUT2D eigenvalue weighted by Crippen LogP contribution is -2.12. The fraction of sp³-hybridized carbons (Fsp3) is 0.0667. The van der Waals surface area contributed by atoms with Crippen LogP contribution in [0.4, 0.5) is 18.9 Å². The Balaban J connectivity index is 2.19. The third-order valence-corrected chi connectivity index (χ3v) is 3.98. The summed E-state index contributed by atoms with van der Waals surface area (Å²) in [6.07, 6.45) is -4.86. The van der Waals surface area contributed by atoms with Gasteiger partial charge in [0, 0.05) is 17.7 Å². The van der Waals surface area contributed by atoms with E-state index in [1.54, 1.807) is 24.3 Å². The molecule has 26 heavy (non-hydrogen) atoms. The molecule has 0 N–H and O–H groups in total. The summed E-state index contributed by atoms with van der Waals surface area (Å²) in [7, 11) is 0. The molecule has 0 spiro atoms. The van der Waals surface area contributed by atoms with E-state index in [0.29, 0.717) is 16.7 Å². The third-order valence-electron chi connectivity index (χ3n) is 3.41. The minimum atomic E-state index is -4.86. The molecular formula is C15H7Cl2F3N4O2. The maximum absolute atomic E-state index is 13.4. The smallest absolute Gasteiger partial charge is 0.258 e. The molecule has 2 aromatic carbocycles. The van der Waals surface area contributed by atoms with E-state index in [2.05, 4.69) is 10.1 Å². The van der Waals surface area contributed by atoms with Crippen LogP contribution in [0.1, 0.15) is 5.56 Å². The van der Waals surface area contributed by atoms with Crippen molar-refractivity contribution in [2.45, 2.75) is 6.18 Å². The zero-order chi connectivity index (χ0) is 19.1. The van der Waals surface area contributed by atoms with Crippen LogP contribution in [0.5, 0.6) is 0 Å². The number of alkyl halides is 3. The molecule has 1 aromatic heterocycles. The first kappa shape index (κ1) is 18.2. The second kappa shape index (κ2) is 6.58. The molecule has 0 bridgehead atoms. The molecule has 0 amide bonds. The lowest BCUT2D eigenvalue weighted by molar-refractivity contribution is -0.385. The number of aromatic nitrogens is 3. The van der Waals surface area contributed by atoms with Crippen LogP contribution in [0.25, 0.3) is 17.1 Å². The Morgan fingerprint density at radius 1 is 1.12 bits per heavy atom. The Morgan fingerprint density at radius 2 is 1.81 bits per heavy atom. The Bertz CT molecular complexity index is 1000. The van der Waals surface area contributed by atoms with Crippen LogP contribution >= 0.6 is 23.2 Å². The summed E-state index contributed by atoms with van der Waals surface area (Å²) in [4.78, 5) is 13.8. The molecule has 3 aromatic rings. The van der Waals surface area contributed by atoms with Gasteiger partial charge in [0.2, 0.25) is 5.28 Å². The van der Waals surface area contributed by atoms with Gasteiger partial charge >= 0.3 is 6.18 Å². The lowest BCUT2D eigenvalue weighted by atomic mass is 10.1. The Morgan fingerprint density at radius 3 is 2.42 bits per heavy atom. The third kappa shape index (κ3) is 3.35.